The van der Waals surface area contributed by atoms with Crippen molar-refractivity contribution < 1.29 is 8.42 Å². The predicted molar refractivity (Wildman–Crippen MR) is 80.0 cm³/mol. The zero-order chi connectivity index (χ0) is 15.6. The fraction of sp³-hybridized carbons (Fsp3) is 0.462. The summed E-state index contributed by atoms with van der Waals surface area (Å²) in [6.45, 7) is 0.921. The van der Waals surface area contributed by atoms with Crippen LogP contribution in [0.3, 0.4) is 0 Å². The van der Waals surface area contributed by atoms with Gasteiger partial charge in [0.15, 0.2) is 0 Å². The lowest BCUT2D eigenvalue weighted by atomic mass is 10.4. The maximum atomic E-state index is 12.6. The van der Waals surface area contributed by atoms with E-state index in [-0.39, 0.29) is 0 Å². The lowest BCUT2D eigenvalue weighted by Gasteiger charge is -2.15. The SMILES string of the molecule is CNCc1cc(S(=O)(=O)N(C)Cc2cnn(C)c2)cn1C. The van der Waals surface area contributed by atoms with Crippen LogP contribution in [-0.2, 0) is 37.2 Å². The fourth-order valence-electron chi connectivity index (χ4n) is 2.15. The standard InChI is InChI=1S/C13H21N5O2S/c1-14-7-12-5-13(10-16(12)2)21(19,20)18(4)9-11-6-15-17(3)8-11/h5-6,8,10,14H,7,9H2,1-4H3. The number of hydrogen-bond acceptors (Lipinski definition) is 4. The molecule has 1 N–H and O–H groups in total. The predicted octanol–water partition coefficient (Wildman–Crippen LogP) is 0.299. The minimum Gasteiger partial charge on any atom is -0.352 e. The molecule has 0 fully saturated rings. The molecule has 0 spiro atoms. The highest BCUT2D eigenvalue weighted by atomic mass is 32.2. The third-order valence-corrected chi connectivity index (χ3v) is 5.08. The van der Waals surface area contributed by atoms with E-state index in [1.165, 1.54) is 4.31 Å². The Bertz CT molecular complexity index is 717. The van der Waals surface area contributed by atoms with Crippen LogP contribution >= 0.6 is 0 Å². The van der Waals surface area contributed by atoms with Crippen LogP contribution in [0.15, 0.2) is 29.6 Å². The molecule has 0 bridgehead atoms. The second-order valence-corrected chi connectivity index (χ2v) is 7.14. The van der Waals surface area contributed by atoms with Crippen LogP contribution in [0.5, 0.6) is 0 Å². The molecule has 0 saturated heterocycles. The first-order valence-corrected chi connectivity index (χ1v) is 8.02. The quantitative estimate of drug-likeness (QED) is 0.833. The van der Waals surface area contributed by atoms with Crippen molar-refractivity contribution in [3.8, 4) is 0 Å². The van der Waals surface area contributed by atoms with E-state index in [2.05, 4.69) is 10.4 Å². The van der Waals surface area contributed by atoms with E-state index < -0.39 is 10.0 Å². The highest BCUT2D eigenvalue weighted by molar-refractivity contribution is 7.89. The average Bonchev–Trinajstić information content (AvgIpc) is 2.97. The van der Waals surface area contributed by atoms with E-state index in [0.717, 1.165) is 11.3 Å². The van der Waals surface area contributed by atoms with Crippen LogP contribution in [0, 0.1) is 0 Å². The van der Waals surface area contributed by atoms with Crippen molar-refractivity contribution >= 4 is 10.0 Å². The normalized spacial score (nSPS) is 12.2. The Balaban J connectivity index is 2.22. The van der Waals surface area contributed by atoms with Crippen molar-refractivity contribution in [3.05, 3.63) is 35.9 Å². The van der Waals surface area contributed by atoms with Gasteiger partial charge in [0, 0.05) is 57.9 Å². The van der Waals surface area contributed by atoms with E-state index in [9.17, 15) is 8.42 Å². The number of nitrogens with zero attached hydrogens (tertiary/aromatic N) is 4. The summed E-state index contributed by atoms with van der Waals surface area (Å²) in [5, 5.41) is 7.07. The second-order valence-electron chi connectivity index (χ2n) is 5.09. The summed E-state index contributed by atoms with van der Waals surface area (Å²) in [6.07, 6.45) is 5.12. The van der Waals surface area contributed by atoms with Gasteiger partial charge in [-0.25, -0.2) is 8.42 Å². The molecule has 0 unspecified atom stereocenters. The van der Waals surface area contributed by atoms with Crippen LogP contribution in [0.4, 0.5) is 0 Å². The first-order chi connectivity index (χ1) is 9.84. The monoisotopic (exact) mass is 311 g/mol. The molecule has 0 aliphatic carbocycles. The van der Waals surface area contributed by atoms with Gasteiger partial charge in [0.2, 0.25) is 10.0 Å². The van der Waals surface area contributed by atoms with E-state index in [1.807, 2.05) is 24.9 Å². The number of aryl methyl sites for hydroxylation is 2. The molecule has 0 saturated carbocycles. The highest BCUT2D eigenvalue weighted by Gasteiger charge is 2.23. The van der Waals surface area contributed by atoms with Crippen molar-refractivity contribution in [2.24, 2.45) is 14.1 Å². The Hall–Kier alpha value is -1.64. The van der Waals surface area contributed by atoms with E-state index in [1.54, 1.807) is 37.2 Å². The molecule has 2 aromatic heterocycles. The molecule has 2 rings (SSSR count). The molecule has 0 atom stereocenters. The molecule has 0 radical (unpaired) electrons. The molecule has 8 heteroatoms. The van der Waals surface area contributed by atoms with Crippen molar-refractivity contribution in [3.63, 3.8) is 0 Å². The van der Waals surface area contributed by atoms with Gasteiger partial charge in [-0.05, 0) is 13.1 Å². The summed E-state index contributed by atoms with van der Waals surface area (Å²) in [5.74, 6) is 0. The Morgan fingerprint density at radius 3 is 2.62 bits per heavy atom. The number of rotatable bonds is 6. The number of sulfonamides is 1. The summed E-state index contributed by atoms with van der Waals surface area (Å²) in [7, 11) is 3.55. The molecule has 0 aliphatic heterocycles. The second kappa shape index (κ2) is 6.00. The molecular formula is C13H21N5O2S. The van der Waals surface area contributed by atoms with Gasteiger partial charge >= 0.3 is 0 Å². The zero-order valence-electron chi connectivity index (χ0n) is 12.7. The zero-order valence-corrected chi connectivity index (χ0v) is 13.6. The Morgan fingerprint density at radius 2 is 2.05 bits per heavy atom. The van der Waals surface area contributed by atoms with Gasteiger partial charge in [0.1, 0.15) is 4.90 Å². The number of aromatic nitrogens is 3. The smallest absolute Gasteiger partial charge is 0.244 e. The fourth-order valence-corrected chi connectivity index (χ4v) is 3.41. The lowest BCUT2D eigenvalue weighted by molar-refractivity contribution is 0.466. The van der Waals surface area contributed by atoms with Crippen molar-refractivity contribution in [2.45, 2.75) is 18.0 Å². The summed E-state index contributed by atoms with van der Waals surface area (Å²) >= 11 is 0. The van der Waals surface area contributed by atoms with Crippen molar-refractivity contribution in [1.29, 1.82) is 0 Å². The van der Waals surface area contributed by atoms with Crippen LogP contribution in [-0.4, -0.2) is 41.2 Å². The molecule has 0 aliphatic rings. The number of hydrogen-bond donors (Lipinski definition) is 1. The number of nitrogens with one attached hydrogen (secondary N) is 1. The molecule has 116 valence electrons. The van der Waals surface area contributed by atoms with Gasteiger partial charge in [0.25, 0.3) is 0 Å². The molecule has 7 nitrogen and oxygen atoms in total. The highest BCUT2D eigenvalue weighted by Crippen LogP contribution is 2.19. The van der Waals surface area contributed by atoms with Crippen LogP contribution < -0.4 is 5.32 Å². The van der Waals surface area contributed by atoms with Crippen LogP contribution in [0.2, 0.25) is 0 Å². The maximum Gasteiger partial charge on any atom is 0.244 e. The minimum absolute atomic E-state index is 0.298. The topological polar surface area (TPSA) is 72.2 Å². The summed E-state index contributed by atoms with van der Waals surface area (Å²) < 4.78 is 30.0. The van der Waals surface area contributed by atoms with Crippen molar-refractivity contribution in [2.75, 3.05) is 14.1 Å². The van der Waals surface area contributed by atoms with Crippen molar-refractivity contribution in [1.82, 2.24) is 24.0 Å². The first kappa shape index (κ1) is 15.7. The van der Waals surface area contributed by atoms with Gasteiger partial charge in [-0.1, -0.05) is 0 Å². The summed E-state index contributed by atoms with van der Waals surface area (Å²) in [6, 6.07) is 1.70. The third-order valence-electron chi connectivity index (χ3n) is 3.31. The van der Waals surface area contributed by atoms with Gasteiger partial charge in [-0.2, -0.15) is 9.40 Å². The van der Waals surface area contributed by atoms with Gasteiger partial charge in [-0.15, -0.1) is 0 Å². The maximum absolute atomic E-state index is 12.6. The molecule has 0 aromatic carbocycles. The van der Waals surface area contributed by atoms with E-state index >= 15 is 0 Å². The largest absolute Gasteiger partial charge is 0.352 e. The Morgan fingerprint density at radius 1 is 1.33 bits per heavy atom. The van der Waals surface area contributed by atoms with E-state index in [0.29, 0.717) is 18.0 Å². The van der Waals surface area contributed by atoms with Crippen LogP contribution in [0.1, 0.15) is 11.3 Å². The van der Waals surface area contributed by atoms with Crippen LogP contribution in [0.25, 0.3) is 0 Å². The van der Waals surface area contributed by atoms with Gasteiger partial charge in [-0.3, -0.25) is 4.68 Å². The Labute approximate surface area is 125 Å². The Kier molecular flexibility index (Phi) is 4.50. The molecule has 0 amide bonds. The minimum atomic E-state index is -3.50. The molecule has 21 heavy (non-hydrogen) atoms. The van der Waals surface area contributed by atoms with Gasteiger partial charge < -0.3 is 9.88 Å². The molecular weight excluding hydrogens is 290 g/mol. The first-order valence-electron chi connectivity index (χ1n) is 6.58. The average molecular weight is 311 g/mol. The van der Waals surface area contributed by atoms with Gasteiger partial charge in [0.05, 0.1) is 6.20 Å². The lowest BCUT2D eigenvalue weighted by Crippen LogP contribution is -2.26. The summed E-state index contributed by atoms with van der Waals surface area (Å²) in [4.78, 5) is 0.307. The van der Waals surface area contributed by atoms with E-state index in [4.69, 9.17) is 0 Å². The summed E-state index contributed by atoms with van der Waals surface area (Å²) in [5.41, 5.74) is 1.78. The third kappa shape index (κ3) is 3.34. The molecule has 2 aromatic rings. The molecule has 2 heterocycles.